The highest BCUT2D eigenvalue weighted by Crippen LogP contribution is 2.28. The van der Waals surface area contributed by atoms with Crippen molar-refractivity contribution in [2.24, 2.45) is 4.99 Å². The first-order valence-electron chi connectivity index (χ1n) is 6.30. The highest BCUT2D eigenvalue weighted by Gasteiger charge is 2.05. The molecule has 0 aromatic carbocycles. The third-order valence-corrected chi connectivity index (χ3v) is 4.10. The largest absolute Gasteiger partial charge is 0.266 e. The van der Waals surface area contributed by atoms with Crippen molar-refractivity contribution in [1.82, 2.24) is 0 Å². The highest BCUT2D eigenvalue weighted by molar-refractivity contribution is 14.1. The predicted molar refractivity (Wildman–Crippen MR) is 87.9 cm³/mol. The van der Waals surface area contributed by atoms with E-state index in [-0.39, 0.29) is 0 Å². The van der Waals surface area contributed by atoms with Gasteiger partial charge in [-0.1, -0.05) is 38.0 Å². The molecule has 17 heavy (non-hydrogen) atoms. The fourth-order valence-electron chi connectivity index (χ4n) is 1.37. The molecule has 0 fully saturated rings. The van der Waals surface area contributed by atoms with Gasteiger partial charge in [0, 0.05) is 21.1 Å². The summed E-state index contributed by atoms with van der Waals surface area (Å²) >= 11 is 2.43. The molecule has 0 amide bonds. The standard InChI is InChI=1S/C15H24IN/c1-6-9-10-11-14(13(5)17-8-3)15(16)12(4)7-2/h8,10-11H,6-7,9H2,1-5H3/b11-10-,14-13-,15-12-,17-8?. The highest BCUT2D eigenvalue weighted by atomic mass is 127. The van der Waals surface area contributed by atoms with Crippen molar-refractivity contribution in [3.8, 4) is 0 Å². The van der Waals surface area contributed by atoms with Crippen molar-refractivity contribution in [3.63, 3.8) is 0 Å². The average Bonchev–Trinajstić information content (AvgIpc) is 2.33. The maximum Gasteiger partial charge on any atom is 0.0451 e. The molecule has 96 valence electrons. The Labute approximate surface area is 120 Å². The molecule has 0 saturated heterocycles. The Kier molecular flexibility index (Phi) is 9.41. The van der Waals surface area contributed by atoms with Crippen molar-refractivity contribution in [2.75, 3.05) is 0 Å². The van der Waals surface area contributed by atoms with Crippen molar-refractivity contribution in [2.45, 2.75) is 53.9 Å². The molecule has 0 atom stereocenters. The van der Waals surface area contributed by atoms with Gasteiger partial charge in [-0.25, -0.2) is 0 Å². The van der Waals surface area contributed by atoms with E-state index in [0.717, 1.165) is 18.5 Å². The number of halogens is 1. The maximum absolute atomic E-state index is 4.41. The lowest BCUT2D eigenvalue weighted by Gasteiger charge is -2.08. The molecule has 0 bridgehead atoms. The number of nitrogens with zero attached hydrogens (tertiary/aromatic N) is 1. The Morgan fingerprint density at radius 2 is 1.88 bits per heavy atom. The van der Waals surface area contributed by atoms with Crippen LogP contribution in [0.2, 0.25) is 0 Å². The van der Waals surface area contributed by atoms with E-state index >= 15 is 0 Å². The minimum Gasteiger partial charge on any atom is -0.266 e. The summed E-state index contributed by atoms with van der Waals surface area (Å²) in [4.78, 5) is 4.41. The van der Waals surface area contributed by atoms with Crippen LogP contribution in [-0.2, 0) is 0 Å². The van der Waals surface area contributed by atoms with Gasteiger partial charge in [-0.15, -0.1) is 0 Å². The van der Waals surface area contributed by atoms with Crippen molar-refractivity contribution >= 4 is 28.8 Å². The minimum absolute atomic E-state index is 1.09. The SMILES string of the molecule is CC=N/C(C)=C(/C=C\CCC)C(\I)=C(/C)CC. The van der Waals surface area contributed by atoms with Gasteiger partial charge in [0.05, 0.1) is 0 Å². The average molecular weight is 345 g/mol. The molecule has 0 radical (unpaired) electrons. The van der Waals surface area contributed by atoms with Crippen LogP contribution in [0.5, 0.6) is 0 Å². The third kappa shape index (κ3) is 6.20. The Bertz CT molecular complexity index is 346. The first-order chi connectivity index (χ1) is 8.08. The molecule has 0 N–H and O–H groups in total. The van der Waals surface area contributed by atoms with Crippen LogP contribution in [-0.4, -0.2) is 6.21 Å². The molecule has 0 heterocycles. The lowest BCUT2D eigenvalue weighted by atomic mass is 10.1. The zero-order chi connectivity index (χ0) is 13.3. The number of hydrogen-bond donors (Lipinski definition) is 0. The molecule has 0 spiro atoms. The topological polar surface area (TPSA) is 12.4 Å². The van der Waals surface area contributed by atoms with Crippen molar-refractivity contribution < 1.29 is 0 Å². The van der Waals surface area contributed by atoms with E-state index in [1.54, 1.807) is 0 Å². The molecule has 0 rings (SSSR count). The zero-order valence-electron chi connectivity index (χ0n) is 11.7. The summed E-state index contributed by atoms with van der Waals surface area (Å²) in [6, 6.07) is 0. The number of aliphatic imine (C=N–C) groups is 1. The van der Waals surface area contributed by atoms with Crippen LogP contribution >= 0.6 is 22.6 Å². The number of unbranched alkanes of at least 4 members (excludes halogenated alkanes) is 1. The predicted octanol–water partition coefficient (Wildman–Crippen LogP) is 5.83. The van der Waals surface area contributed by atoms with Crippen LogP contribution in [0.1, 0.15) is 53.9 Å². The molecule has 0 aliphatic carbocycles. The molecule has 0 saturated carbocycles. The zero-order valence-corrected chi connectivity index (χ0v) is 13.8. The Morgan fingerprint density at radius 1 is 1.24 bits per heavy atom. The second kappa shape index (κ2) is 9.63. The number of rotatable bonds is 6. The van der Waals surface area contributed by atoms with E-state index in [2.05, 4.69) is 67.4 Å². The first-order valence-corrected chi connectivity index (χ1v) is 7.37. The molecule has 0 aromatic heterocycles. The second-order valence-electron chi connectivity index (χ2n) is 4.03. The van der Waals surface area contributed by atoms with Gasteiger partial charge in [0.25, 0.3) is 0 Å². The van der Waals surface area contributed by atoms with Crippen LogP contribution < -0.4 is 0 Å². The van der Waals surface area contributed by atoms with Crippen LogP contribution in [0.3, 0.4) is 0 Å². The second-order valence-corrected chi connectivity index (χ2v) is 5.10. The minimum atomic E-state index is 1.09. The maximum atomic E-state index is 4.41. The Morgan fingerprint density at radius 3 is 2.35 bits per heavy atom. The van der Waals surface area contributed by atoms with E-state index in [9.17, 15) is 0 Å². The van der Waals surface area contributed by atoms with Crippen LogP contribution in [0.15, 0.2) is 37.6 Å². The van der Waals surface area contributed by atoms with Gasteiger partial charge in [0.15, 0.2) is 0 Å². The van der Waals surface area contributed by atoms with Crippen LogP contribution in [0, 0.1) is 0 Å². The summed E-state index contributed by atoms with van der Waals surface area (Å²) in [5, 5.41) is 0. The van der Waals surface area contributed by atoms with Gasteiger partial charge in [-0.2, -0.15) is 0 Å². The fourth-order valence-corrected chi connectivity index (χ4v) is 2.32. The molecule has 0 aliphatic heterocycles. The summed E-state index contributed by atoms with van der Waals surface area (Å²) in [5.41, 5.74) is 3.78. The Hall–Kier alpha value is -0.380. The summed E-state index contributed by atoms with van der Waals surface area (Å²) in [7, 11) is 0. The smallest absolute Gasteiger partial charge is 0.0451 e. The number of hydrogen-bond acceptors (Lipinski definition) is 1. The van der Waals surface area contributed by atoms with Crippen LogP contribution in [0.25, 0.3) is 0 Å². The number of allylic oxidation sites excluding steroid dienone is 6. The van der Waals surface area contributed by atoms with Gasteiger partial charge in [-0.3, -0.25) is 4.99 Å². The van der Waals surface area contributed by atoms with Gasteiger partial charge in [-0.05, 0) is 56.2 Å². The van der Waals surface area contributed by atoms with E-state index < -0.39 is 0 Å². The molecular formula is C15H24IN. The molecule has 2 heteroatoms. The molecular weight excluding hydrogens is 321 g/mol. The van der Waals surface area contributed by atoms with E-state index in [1.807, 2.05) is 13.1 Å². The van der Waals surface area contributed by atoms with Crippen molar-refractivity contribution in [3.05, 3.63) is 32.6 Å². The third-order valence-electron chi connectivity index (χ3n) is 2.59. The van der Waals surface area contributed by atoms with E-state index in [1.165, 1.54) is 21.1 Å². The Balaban J connectivity index is 5.34. The summed E-state index contributed by atoms with van der Waals surface area (Å²) in [6.07, 6.45) is 9.72. The van der Waals surface area contributed by atoms with E-state index in [0.29, 0.717) is 0 Å². The molecule has 0 aromatic rings. The summed E-state index contributed by atoms with van der Waals surface area (Å²) in [5.74, 6) is 0. The van der Waals surface area contributed by atoms with Gasteiger partial charge < -0.3 is 0 Å². The fraction of sp³-hybridized carbons (Fsp3) is 0.533. The van der Waals surface area contributed by atoms with Gasteiger partial charge >= 0.3 is 0 Å². The van der Waals surface area contributed by atoms with Crippen LogP contribution in [0.4, 0.5) is 0 Å². The molecule has 1 nitrogen and oxygen atoms in total. The van der Waals surface area contributed by atoms with Gasteiger partial charge in [0.1, 0.15) is 0 Å². The molecule has 0 unspecified atom stereocenters. The van der Waals surface area contributed by atoms with Gasteiger partial charge in [0.2, 0.25) is 0 Å². The normalized spacial score (nSPS) is 15.4. The van der Waals surface area contributed by atoms with Crippen molar-refractivity contribution in [1.29, 1.82) is 0 Å². The monoisotopic (exact) mass is 345 g/mol. The molecule has 0 aliphatic rings. The van der Waals surface area contributed by atoms with E-state index in [4.69, 9.17) is 0 Å². The summed E-state index contributed by atoms with van der Waals surface area (Å²) < 4.78 is 1.33. The lowest BCUT2D eigenvalue weighted by molar-refractivity contribution is 0.957. The lowest BCUT2D eigenvalue weighted by Crippen LogP contribution is -1.88. The summed E-state index contributed by atoms with van der Waals surface area (Å²) in [6.45, 7) is 10.6. The quantitative estimate of drug-likeness (QED) is 0.326. The first kappa shape index (κ1) is 16.6.